The van der Waals surface area contributed by atoms with E-state index in [2.05, 4.69) is 15.5 Å². The molecule has 1 fully saturated rings. The Balaban J connectivity index is 1.31. The average molecular weight is 443 g/mol. The number of thioether (sulfide) groups is 1. The third kappa shape index (κ3) is 3.97. The highest BCUT2D eigenvalue weighted by atomic mass is 32.2. The first-order valence-electron chi connectivity index (χ1n) is 9.89. The lowest BCUT2D eigenvalue weighted by Crippen LogP contribution is -2.31. The van der Waals surface area contributed by atoms with Gasteiger partial charge in [0.05, 0.1) is 11.4 Å². The van der Waals surface area contributed by atoms with Crippen LogP contribution in [-0.4, -0.2) is 37.3 Å². The lowest BCUT2D eigenvalue weighted by molar-refractivity contribution is -0.121. The van der Waals surface area contributed by atoms with Crippen LogP contribution < -0.4 is 9.64 Å². The molecule has 3 aromatic carbocycles. The molecule has 1 saturated heterocycles. The summed E-state index contributed by atoms with van der Waals surface area (Å²) in [5, 5.41) is 11.6. The number of anilines is 1. The normalized spacial score (nSPS) is 15.9. The van der Waals surface area contributed by atoms with Crippen LogP contribution >= 0.6 is 11.8 Å². The van der Waals surface area contributed by atoms with Crippen LogP contribution in [0.2, 0.25) is 0 Å². The van der Waals surface area contributed by atoms with Gasteiger partial charge in [0.2, 0.25) is 17.0 Å². The molecule has 0 bridgehead atoms. The summed E-state index contributed by atoms with van der Waals surface area (Å²) in [5.41, 5.74) is 1.29. The van der Waals surface area contributed by atoms with Crippen molar-refractivity contribution in [2.24, 2.45) is 0 Å². The number of aromatic nitrogens is 4. The van der Waals surface area contributed by atoms with Gasteiger partial charge in [0.25, 0.3) is 0 Å². The maximum absolute atomic E-state index is 13.0. The molecule has 2 heterocycles. The Bertz CT molecular complexity index is 1250. The summed E-state index contributed by atoms with van der Waals surface area (Å²) in [6, 6.07) is 25.7. The summed E-state index contributed by atoms with van der Waals surface area (Å²) in [4.78, 5) is 26.9. The number of amides is 2. The van der Waals surface area contributed by atoms with Crippen molar-refractivity contribution in [1.82, 2.24) is 20.2 Å². The number of nitrogens with zero attached hydrogens (tertiary/aromatic N) is 5. The van der Waals surface area contributed by atoms with E-state index in [1.807, 2.05) is 60.7 Å². The molecule has 158 valence electrons. The lowest BCUT2D eigenvalue weighted by atomic mass is 10.2. The summed E-state index contributed by atoms with van der Waals surface area (Å²) < 4.78 is 7.34. The van der Waals surface area contributed by atoms with E-state index >= 15 is 0 Å². The van der Waals surface area contributed by atoms with Crippen LogP contribution in [0.15, 0.2) is 90.1 Å². The van der Waals surface area contributed by atoms with Gasteiger partial charge in [0.15, 0.2) is 0 Å². The van der Waals surface area contributed by atoms with Gasteiger partial charge in [-0.3, -0.25) is 9.59 Å². The molecule has 1 atom stereocenters. The van der Waals surface area contributed by atoms with Gasteiger partial charge < -0.3 is 4.74 Å². The third-order valence-corrected chi connectivity index (χ3v) is 5.99. The predicted molar refractivity (Wildman–Crippen MR) is 119 cm³/mol. The van der Waals surface area contributed by atoms with Crippen LogP contribution in [0.1, 0.15) is 6.42 Å². The molecule has 2 amide bonds. The van der Waals surface area contributed by atoms with Crippen molar-refractivity contribution in [2.75, 3.05) is 4.90 Å². The molecule has 0 saturated carbocycles. The van der Waals surface area contributed by atoms with Crippen LogP contribution in [0.25, 0.3) is 5.69 Å². The smallest absolute Gasteiger partial charge is 0.247 e. The summed E-state index contributed by atoms with van der Waals surface area (Å²) in [5.74, 6) is 0.774. The largest absolute Gasteiger partial charge is 0.457 e. The highest BCUT2D eigenvalue weighted by Crippen LogP contribution is 2.34. The molecule has 0 radical (unpaired) electrons. The number of hydrogen-bond acceptors (Lipinski definition) is 7. The van der Waals surface area contributed by atoms with Gasteiger partial charge >= 0.3 is 0 Å². The van der Waals surface area contributed by atoms with E-state index in [9.17, 15) is 9.59 Å². The average Bonchev–Trinajstić information content (AvgIpc) is 3.40. The highest BCUT2D eigenvalue weighted by Gasteiger charge is 2.41. The minimum Gasteiger partial charge on any atom is -0.457 e. The Morgan fingerprint density at radius 3 is 2.19 bits per heavy atom. The molecule has 0 aliphatic carbocycles. The zero-order valence-electron chi connectivity index (χ0n) is 16.7. The Kier molecular flexibility index (Phi) is 5.39. The molecule has 5 rings (SSSR count). The SMILES string of the molecule is O=C1CC(Sc2nnnn2-c2ccccc2)C(=O)N1c1ccc(Oc2ccccc2)cc1. The van der Waals surface area contributed by atoms with Crippen molar-refractivity contribution in [3.63, 3.8) is 0 Å². The molecular weight excluding hydrogens is 426 g/mol. The molecule has 8 nitrogen and oxygen atoms in total. The van der Waals surface area contributed by atoms with Gasteiger partial charge in [-0.05, 0) is 59.0 Å². The monoisotopic (exact) mass is 443 g/mol. The predicted octanol–water partition coefficient (Wildman–Crippen LogP) is 3.88. The molecule has 32 heavy (non-hydrogen) atoms. The first-order chi connectivity index (χ1) is 15.7. The highest BCUT2D eigenvalue weighted by molar-refractivity contribution is 8.00. The second-order valence-corrected chi connectivity index (χ2v) is 8.17. The minimum atomic E-state index is -0.601. The number of ether oxygens (including phenoxy) is 1. The van der Waals surface area contributed by atoms with E-state index in [-0.39, 0.29) is 18.2 Å². The van der Waals surface area contributed by atoms with Crippen LogP contribution in [0, 0.1) is 0 Å². The molecule has 1 aliphatic rings. The van der Waals surface area contributed by atoms with E-state index < -0.39 is 5.25 Å². The van der Waals surface area contributed by atoms with Gasteiger partial charge in [-0.2, -0.15) is 4.68 Å². The van der Waals surface area contributed by atoms with E-state index in [1.165, 1.54) is 16.7 Å². The molecule has 4 aromatic rings. The van der Waals surface area contributed by atoms with E-state index in [0.717, 1.165) is 5.69 Å². The lowest BCUT2D eigenvalue weighted by Gasteiger charge is -2.15. The van der Waals surface area contributed by atoms with Crippen molar-refractivity contribution in [3.8, 4) is 17.2 Å². The number of carbonyl (C=O) groups is 2. The van der Waals surface area contributed by atoms with Gasteiger partial charge in [-0.25, -0.2) is 4.90 Å². The first-order valence-corrected chi connectivity index (χ1v) is 10.8. The molecular formula is C23H17N5O3S. The van der Waals surface area contributed by atoms with Gasteiger partial charge in [-0.1, -0.05) is 48.2 Å². The molecule has 1 aliphatic heterocycles. The molecule has 9 heteroatoms. The van der Waals surface area contributed by atoms with Crippen LogP contribution in [0.3, 0.4) is 0 Å². The Morgan fingerprint density at radius 2 is 1.47 bits per heavy atom. The summed E-state index contributed by atoms with van der Waals surface area (Å²) in [6.07, 6.45) is 0.0768. The van der Waals surface area contributed by atoms with Crippen molar-refractivity contribution >= 4 is 29.3 Å². The zero-order chi connectivity index (χ0) is 21.9. The van der Waals surface area contributed by atoms with Crippen molar-refractivity contribution < 1.29 is 14.3 Å². The fraction of sp³-hybridized carbons (Fsp3) is 0.0870. The van der Waals surface area contributed by atoms with E-state index in [1.54, 1.807) is 28.9 Å². The second kappa shape index (κ2) is 8.64. The first kappa shape index (κ1) is 20.0. The molecule has 1 aromatic heterocycles. The number of tetrazole rings is 1. The fourth-order valence-corrected chi connectivity index (χ4v) is 4.38. The maximum atomic E-state index is 13.0. The number of rotatable bonds is 6. The van der Waals surface area contributed by atoms with Crippen LogP contribution in [0.4, 0.5) is 5.69 Å². The summed E-state index contributed by atoms with van der Waals surface area (Å²) in [7, 11) is 0. The maximum Gasteiger partial charge on any atom is 0.247 e. The van der Waals surface area contributed by atoms with E-state index in [4.69, 9.17) is 4.74 Å². The number of para-hydroxylation sites is 2. The summed E-state index contributed by atoms with van der Waals surface area (Å²) >= 11 is 1.18. The topological polar surface area (TPSA) is 90.2 Å². The third-order valence-electron chi connectivity index (χ3n) is 4.87. The van der Waals surface area contributed by atoms with Crippen molar-refractivity contribution in [1.29, 1.82) is 0 Å². The van der Waals surface area contributed by atoms with Crippen LogP contribution in [0.5, 0.6) is 11.5 Å². The Labute approximate surface area is 187 Å². The molecule has 0 N–H and O–H groups in total. The number of carbonyl (C=O) groups excluding carboxylic acids is 2. The van der Waals surface area contributed by atoms with Gasteiger partial charge in [0.1, 0.15) is 16.7 Å². The van der Waals surface area contributed by atoms with Gasteiger partial charge in [-0.15, -0.1) is 5.10 Å². The van der Waals surface area contributed by atoms with Crippen molar-refractivity contribution in [3.05, 3.63) is 84.9 Å². The van der Waals surface area contributed by atoms with E-state index in [0.29, 0.717) is 22.3 Å². The van der Waals surface area contributed by atoms with Crippen LogP contribution in [-0.2, 0) is 9.59 Å². The molecule has 1 unspecified atom stereocenters. The second-order valence-electron chi connectivity index (χ2n) is 7.00. The Hall–Kier alpha value is -3.98. The van der Waals surface area contributed by atoms with Crippen molar-refractivity contribution in [2.45, 2.75) is 16.8 Å². The standard InChI is InChI=1S/C23H17N5O3S/c29-21-15-20(32-23-24-25-26-28(23)17-7-3-1-4-8-17)22(30)27(21)16-11-13-19(14-12-16)31-18-9-5-2-6-10-18/h1-14,20H,15H2. The Morgan fingerprint density at radius 1 is 0.812 bits per heavy atom. The minimum absolute atomic E-state index is 0.0768. The molecule has 0 spiro atoms. The number of imide groups is 1. The fourth-order valence-electron chi connectivity index (χ4n) is 3.37. The zero-order valence-corrected chi connectivity index (χ0v) is 17.6. The number of benzene rings is 3. The summed E-state index contributed by atoms with van der Waals surface area (Å²) in [6.45, 7) is 0. The quantitative estimate of drug-likeness (QED) is 0.418. The van der Waals surface area contributed by atoms with Gasteiger partial charge in [0, 0.05) is 6.42 Å². The number of hydrogen-bond donors (Lipinski definition) is 0.